The van der Waals surface area contributed by atoms with Gasteiger partial charge in [-0.05, 0) is 47.2 Å². The van der Waals surface area contributed by atoms with Gasteiger partial charge in [0.2, 0.25) is 0 Å². The summed E-state index contributed by atoms with van der Waals surface area (Å²) in [6.07, 6.45) is 0.539. The van der Waals surface area contributed by atoms with Crippen molar-refractivity contribution in [2.45, 2.75) is 11.8 Å². The summed E-state index contributed by atoms with van der Waals surface area (Å²) >= 11 is 0. The third kappa shape index (κ3) is 2.10. The minimum atomic E-state index is -0.902. The van der Waals surface area contributed by atoms with Crippen molar-refractivity contribution < 1.29 is 14.3 Å². The summed E-state index contributed by atoms with van der Waals surface area (Å²) in [7, 11) is 3.12. The molecule has 1 atom stereocenters. The zero-order valence-electron chi connectivity index (χ0n) is 17.1. The molecule has 4 aromatic rings. The van der Waals surface area contributed by atoms with Crippen LogP contribution in [-0.2, 0) is 11.8 Å². The molecule has 5 nitrogen and oxygen atoms in total. The molecule has 31 heavy (non-hydrogen) atoms. The number of aromatic nitrogens is 1. The van der Waals surface area contributed by atoms with Gasteiger partial charge in [-0.1, -0.05) is 42.5 Å². The molecule has 1 aliphatic heterocycles. The van der Waals surface area contributed by atoms with Crippen LogP contribution in [0.3, 0.4) is 0 Å². The Bertz CT molecular complexity index is 1480. The Morgan fingerprint density at radius 3 is 2.35 bits per heavy atom. The van der Waals surface area contributed by atoms with Crippen molar-refractivity contribution in [3.63, 3.8) is 0 Å². The van der Waals surface area contributed by atoms with Crippen LogP contribution in [0.2, 0.25) is 0 Å². The standard InChI is InChI=1S/C26H19NO4/c1-30-21-11-16-12-23-26(14-15-7-3-4-8-17(15)24(26)28)19-9-5-6-10-20(19)27(23)25(29)18(16)13-22(21)31-2/h3-13H,14H2,1-2H3. The number of methoxy groups -OCH3 is 2. The highest BCUT2D eigenvalue weighted by atomic mass is 16.5. The average molecular weight is 409 g/mol. The molecule has 2 aliphatic rings. The smallest absolute Gasteiger partial charge is 0.263 e. The maximum atomic E-state index is 13.9. The SMILES string of the molecule is COc1cc2cc3n(c(=O)c2cc1OC)-c1ccccc1C31Cc2ccccc2C1=O. The first kappa shape index (κ1) is 18.0. The van der Waals surface area contributed by atoms with Crippen molar-refractivity contribution >= 4 is 16.6 Å². The molecule has 0 saturated carbocycles. The molecule has 0 saturated heterocycles. The lowest BCUT2D eigenvalue weighted by Crippen LogP contribution is -2.34. The fourth-order valence-corrected chi connectivity index (χ4v) is 5.28. The minimum Gasteiger partial charge on any atom is -0.493 e. The van der Waals surface area contributed by atoms with E-state index in [-0.39, 0.29) is 11.3 Å². The molecule has 6 rings (SSSR count). The number of carbonyl (C=O) groups excluding carboxylic acids is 1. The summed E-state index contributed by atoms with van der Waals surface area (Å²) in [5.74, 6) is 1.09. The van der Waals surface area contributed by atoms with Gasteiger partial charge in [0.15, 0.2) is 17.3 Å². The number of carbonyl (C=O) groups is 1. The Kier molecular flexibility index (Phi) is 3.52. The highest BCUT2D eigenvalue weighted by Gasteiger charge is 2.54. The highest BCUT2D eigenvalue weighted by Crippen LogP contribution is 2.51. The van der Waals surface area contributed by atoms with Crippen molar-refractivity contribution in [3.8, 4) is 17.2 Å². The molecule has 1 unspecified atom stereocenters. The van der Waals surface area contributed by atoms with Gasteiger partial charge in [0.25, 0.3) is 5.56 Å². The van der Waals surface area contributed by atoms with E-state index in [0.29, 0.717) is 29.0 Å². The predicted molar refractivity (Wildman–Crippen MR) is 118 cm³/mol. The largest absolute Gasteiger partial charge is 0.493 e. The fourth-order valence-electron chi connectivity index (χ4n) is 5.28. The maximum Gasteiger partial charge on any atom is 0.263 e. The van der Waals surface area contributed by atoms with Gasteiger partial charge in [0.1, 0.15) is 5.41 Å². The molecular formula is C26H19NO4. The van der Waals surface area contributed by atoms with Gasteiger partial charge in [-0.3, -0.25) is 14.2 Å². The Balaban J connectivity index is 1.74. The monoisotopic (exact) mass is 409 g/mol. The van der Waals surface area contributed by atoms with Gasteiger partial charge < -0.3 is 9.47 Å². The van der Waals surface area contributed by atoms with Gasteiger partial charge in [0.05, 0.1) is 25.3 Å². The third-order valence-electron chi connectivity index (χ3n) is 6.67. The van der Waals surface area contributed by atoms with E-state index in [1.54, 1.807) is 30.9 Å². The summed E-state index contributed by atoms with van der Waals surface area (Å²) in [6, 6.07) is 20.9. The van der Waals surface area contributed by atoms with Gasteiger partial charge in [0, 0.05) is 11.3 Å². The Hall–Kier alpha value is -3.86. The fraction of sp³-hybridized carbons (Fsp3) is 0.154. The van der Waals surface area contributed by atoms with Crippen molar-refractivity contribution in [2.24, 2.45) is 0 Å². The van der Waals surface area contributed by atoms with Crippen molar-refractivity contribution in [1.82, 2.24) is 4.57 Å². The van der Waals surface area contributed by atoms with Crippen LogP contribution in [0.15, 0.2) is 71.5 Å². The molecule has 1 aliphatic carbocycles. The van der Waals surface area contributed by atoms with Crippen LogP contribution in [0.25, 0.3) is 16.5 Å². The van der Waals surface area contributed by atoms with E-state index in [2.05, 4.69) is 0 Å². The Morgan fingerprint density at radius 1 is 0.871 bits per heavy atom. The molecule has 0 radical (unpaired) electrons. The van der Waals surface area contributed by atoms with Gasteiger partial charge in [-0.15, -0.1) is 0 Å². The maximum absolute atomic E-state index is 13.9. The number of para-hydroxylation sites is 1. The third-order valence-corrected chi connectivity index (χ3v) is 6.67. The number of benzene rings is 3. The lowest BCUT2D eigenvalue weighted by Gasteiger charge is -2.24. The van der Waals surface area contributed by atoms with Crippen molar-refractivity contribution in [3.05, 3.63) is 99.5 Å². The summed E-state index contributed by atoms with van der Waals surface area (Å²) < 4.78 is 12.6. The van der Waals surface area contributed by atoms with E-state index in [9.17, 15) is 9.59 Å². The molecule has 2 heterocycles. The second kappa shape index (κ2) is 6.08. The molecule has 0 bridgehead atoms. The summed E-state index contributed by atoms with van der Waals surface area (Å²) in [4.78, 5) is 27.6. The summed E-state index contributed by atoms with van der Waals surface area (Å²) in [5, 5.41) is 1.25. The van der Waals surface area contributed by atoms with Crippen molar-refractivity contribution in [1.29, 1.82) is 0 Å². The van der Waals surface area contributed by atoms with E-state index >= 15 is 0 Å². The van der Waals surface area contributed by atoms with Crippen molar-refractivity contribution in [2.75, 3.05) is 14.2 Å². The second-order valence-electron chi connectivity index (χ2n) is 8.05. The Morgan fingerprint density at radius 2 is 1.58 bits per heavy atom. The Labute approximate surface area is 178 Å². The summed E-state index contributed by atoms with van der Waals surface area (Å²) in [6.45, 7) is 0. The zero-order chi connectivity index (χ0) is 21.3. The highest BCUT2D eigenvalue weighted by molar-refractivity contribution is 6.12. The van der Waals surface area contributed by atoms with Crippen LogP contribution in [0, 0.1) is 0 Å². The zero-order valence-corrected chi connectivity index (χ0v) is 17.1. The molecule has 1 spiro atoms. The van der Waals surface area contributed by atoms with Crippen LogP contribution in [0.4, 0.5) is 0 Å². The van der Waals surface area contributed by atoms with Gasteiger partial charge in [-0.25, -0.2) is 0 Å². The van der Waals surface area contributed by atoms with Crippen LogP contribution >= 0.6 is 0 Å². The quantitative estimate of drug-likeness (QED) is 0.501. The predicted octanol–water partition coefficient (Wildman–Crippen LogP) is 4.05. The van der Waals surface area contributed by atoms with Crippen LogP contribution in [0.5, 0.6) is 11.5 Å². The minimum absolute atomic E-state index is 0.0426. The molecule has 0 fully saturated rings. The number of pyridine rings is 1. The molecule has 5 heteroatoms. The number of nitrogens with zero attached hydrogens (tertiary/aromatic N) is 1. The van der Waals surface area contributed by atoms with Gasteiger partial charge in [-0.2, -0.15) is 0 Å². The first-order valence-corrected chi connectivity index (χ1v) is 10.1. The molecular weight excluding hydrogens is 390 g/mol. The topological polar surface area (TPSA) is 57.5 Å². The van der Waals surface area contributed by atoms with E-state index in [0.717, 1.165) is 27.8 Å². The van der Waals surface area contributed by atoms with E-state index in [1.165, 1.54) is 0 Å². The number of fused-ring (bicyclic) bond motifs is 7. The van der Waals surface area contributed by atoms with Crippen LogP contribution in [0.1, 0.15) is 27.2 Å². The number of hydrogen-bond donors (Lipinski definition) is 0. The summed E-state index contributed by atoms with van der Waals surface area (Å²) in [5.41, 5.74) is 3.02. The van der Waals surface area contributed by atoms with Crippen LogP contribution < -0.4 is 15.0 Å². The van der Waals surface area contributed by atoms with E-state index in [4.69, 9.17) is 9.47 Å². The molecule has 1 aromatic heterocycles. The number of ether oxygens (including phenoxy) is 2. The van der Waals surface area contributed by atoms with Gasteiger partial charge >= 0.3 is 0 Å². The van der Waals surface area contributed by atoms with E-state index in [1.807, 2.05) is 54.6 Å². The second-order valence-corrected chi connectivity index (χ2v) is 8.05. The van der Waals surface area contributed by atoms with E-state index < -0.39 is 5.41 Å². The molecule has 0 amide bonds. The lowest BCUT2D eigenvalue weighted by molar-refractivity contribution is 0.0930. The normalized spacial score (nSPS) is 18.2. The average Bonchev–Trinajstić information content (AvgIpc) is 3.26. The molecule has 3 aromatic carbocycles. The number of hydrogen-bond acceptors (Lipinski definition) is 4. The lowest BCUT2D eigenvalue weighted by atomic mass is 9.75. The number of Topliss-reactive ketones (excluding diaryl/α,β-unsaturated/α-hetero) is 1. The first-order valence-electron chi connectivity index (χ1n) is 10.1. The number of rotatable bonds is 2. The molecule has 0 N–H and O–H groups in total. The number of ketones is 1. The first-order chi connectivity index (χ1) is 15.1. The molecule has 152 valence electrons. The van der Waals surface area contributed by atoms with Crippen LogP contribution in [-0.4, -0.2) is 24.6 Å².